The molecular formula is C11H14ClN5O. The average Bonchev–Trinajstić information content (AvgIpc) is 2.71. The Morgan fingerprint density at radius 2 is 1.94 bits per heavy atom. The highest BCUT2D eigenvalue weighted by Crippen LogP contribution is 2.19. The Morgan fingerprint density at radius 3 is 2.61 bits per heavy atom. The number of anilines is 1. The van der Waals surface area contributed by atoms with Crippen LogP contribution in [0.3, 0.4) is 0 Å². The van der Waals surface area contributed by atoms with Gasteiger partial charge in [-0.25, -0.2) is 9.97 Å². The van der Waals surface area contributed by atoms with Crippen LogP contribution in [0.4, 0.5) is 5.82 Å². The molecule has 0 unspecified atom stereocenters. The van der Waals surface area contributed by atoms with Gasteiger partial charge in [-0.1, -0.05) is 16.8 Å². The van der Waals surface area contributed by atoms with Gasteiger partial charge in [-0.2, -0.15) is 4.98 Å². The zero-order valence-corrected chi connectivity index (χ0v) is 11.2. The molecule has 0 bridgehead atoms. The van der Waals surface area contributed by atoms with Gasteiger partial charge in [0.1, 0.15) is 16.8 Å². The van der Waals surface area contributed by atoms with E-state index in [1.54, 1.807) is 13.8 Å². The van der Waals surface area contributed by atoms with E-state index in [2.05, 4.69) is 25.4 Å². The molecule has 0 atom stereocenters. The van der Waals surface area contributed by atoms with Gasteiger partial charge in [-0.3, -0.25) is 0 Å². The Morgan fingerprint density at radius 1 is 1.17 bits per heavy atom. The molecule has 96 valence electrons. The van der Waals surface area contributed by atoms with E-state index >= 15 is 0 Å². The number of aromatic nitrogens is 4. The lowest BCUT2D eigenvalue weighted by atomic mass is 10.3. The zero-order chi connectivity index (χ0) is 13.1. The molecule has 0 saturated carbocycles. The summed E-state index contributed by atoms with van der Waals surface area (Å²) in [5.41, 5.74) is 0.839. The van der Waals surface area contributed by atoms with Crippen LogP contribution in [0.5, 0.6) is 0 Å². The third-order valence-corrected chi connectivity index (χ3v) is 2.78. The van der Waals surface area contributed by atoms with Gasteiger partial charge in [-0.05, 0) is 13.8 Å². The topological polar surface area (TPSA) is 76.7 Å². The molecule has 0 radical (unpaired) electrons. The van der Waals surface area contributed by atoms with Crippen molar-refractivity contribution in [2.24, 2.45) is 0 Å². The number of hydrogen-bond acceptors (Lipinski definition) is 6. The van der Waals surface area contributed by atoms with Crippen LogP contribution in [0.25, 0.3) is 0 Å². The second-order valence-electron chi connectivity index (χ2n) is 3.94. The number of aryl methyl sites for hydroxylation is 2. The molecule has 18 heavy (non-hydrogen) atoms. The van der Waals surface area contributed by atoms with Gasteiger partial charge in [0, 0.05) is 25.5 Å². The van der Waals surface area contributed by atoms with Gasteiger partial charge in [-0.15, -0.1) is 0 Å². The second kappa shape index (κ2) is 5.30. The first-order valence-electron chi connectivity index (χ1n) is 5.60. The van der Waals surface area contributed by atoms with Gasteiger partial charge >= 0.3 is 0 Å². The molecule has 0 aromatic carbocycles. The highest BCUT2D eigenvalue weighted by molar-refractivity contribution is 6.30. The van der Waals surface area contributed by atoms with Crippen molar-refractivity contribution in [1.29, 1.82) is 0 Å². The van der Waals surface area contributed by atoms with E-state index in [4.69, 9.17) is 16.1 Å². The maximum Gasteiger partial charge on any atom is 0.223 e. The van der Waals surface area contributed by atoms with Crippen molar-refractivity contribution >= 4 is 17.4 Å². The molecule has 0 saturated heterocycles. The lowest BCUT2D eigenvalue weighted by Gasteiger charge is -2.09. The molecule has 0 aliphatic heterocycles. The fourth-order valence-electron chi connectivity index (χ4n) is 1.50. The molecular weight excluding hydrogens is 254 g/mol. The quantitative estimate of drug-likeness (QED) is 0.855. The summed E-state index contributed by atoms with van der Waals surface area (Å²) in [7, 11) is 0. The summed E-state index contributed by atoms with van der Waals surface area (Å²) < 4.78 is 4.89. The summed E-state index contributed by atoms with van der Waals surface area (Å²) in [5, 5.41) is 7.49. The number of nitrogens with zero attached hydrogens (tertiary/aromatic N) is 4. The zero-order valence-electron chi connectivity index (χ0n) is 10.5. The summed E-state index contributed by atoms with van der Waals surface area (Å²) in [5.74, 6) is 2.63. The van der Waals surface area contributed by atoms with E-state index in [-0.39, 0.29) is 0 Å². The predicted molar refractivity (Wildman–Crippen MR) is 67.7 cm³/mol. The standard InChI is InChI=1S/C11H14ClN5O/c1-6-10(12)14-7(2)15-11(6)13-5-4-9-16-8(3)18-17-9/h4-5H2,1-3H3,(H,13,14,15). The fraction of sp³-hybridized carbons (Fsp3) is 0.455. The number of nitrogens with one attached hydrogen (secondary N) is 1. The molecule has 0 amide bonds. The molecule has 7 heteroatoms. The largest absolute Gasteiger partial charge is 0.369 e. The van der Waals surface area contributed by atoms with Crippen LogP contribution in [-0.4, -0.2) is 26.7 Å². The van der Waals surface area contributed by atoms with Crippen LogP contribution in [0.2, 0.25) is 5.15 Å². The van der Waals surface area contributed by atoms with Crippen molar-refractivity contribution in [2.45, 2.75) is 27.2 Å². The molecule has 0 aliphatic rings. The molecule has 2 heterocycles. The fourth-order valence-corrected chi connectivity index (χ4v) is 1.71. The van der Waals surface area contributed by atoms with E-state index in [0.29, 0.717) is 35.7 Å². The summed E-state index contributed by atoms with van der Waals surface area (Å²) in [6, 6.07) is 0. The minimum atomic E-state index is 0.473. The third kappa shape index (κ3) is 2.95. The van der Waals surface area contributed by atoms with Crippen molar-refractivity contribution in [3.63, 3.8) is 0 Å². The number of hydrogen-bond donors (Lipinski definition) is 1. The van der Waals surface area contributed by atoms with Crippen LogP contribution in [-0.2, 0) is 6.42 Å². The number of halogens is 1. The van der Waals surface area contributed by atoms with Gasteiger partial charge in [0.05, 0.1) is 0 Å². The molecule has 2 aromatic rings. The summed E-state index contributed by atoms with van der Waals surface area (Å²) >= 11 is 5.99. The van der Waals surface area contributed by atoms with Gasteiger partial charge in [0.2, 0.25) is 5.89 Å². The molecule has 6 nitrogen and oxygen atoms in total. The lowest BCUT2D eigenvalue weighted by molar-refractivity contribution is 0.387. The minimum absolute atomic E-state index is 0.473. The number of rotatable bonds is 4. The maximum atomic E-state index is 5.99. The molecule has 0 aliphatic carbocycles. The Hall–Kier alpha value is -1.69. The smallest absolute Gasteiger partial charge is 0.223 e. The van der Waals surface area contributed by atoms with Crippen molar-refractivity contribution in [3.8, 4) is 0 Å². The van der Waals surface area contributed by atoms with Crippen LogP contribution < -0.4 is 5.32 Å². The molecule has 2 rings (SSSR count). The first-order valence-corrected chi connectivity index (χ1v) is 5.98. The monoisotopic (exact) mass is 267 g/mol. The van der Waals surface area contributed by atoms with Crippen molar-refractivity contribution in [3.05, 3.63) is 28.3 Å². The van der Waals surface area contributed by atoms with E-state index in [1.165, 1.54) is 0 Å². The Kier molecular flexibility index (Phi) is 3.76. The summed E-state index contributed by atoms with van der Waals surface area (Å²) in [6.45, 7) is 6.11. The lowest BCUT2D eigenvalue weighted by Crippen LogP contribution is -2.10. The molecule has 0 spiro atoms. The minimum Gasteiger partial charge on any atom is -0.369 e. The van der Waals surface area contributed by atoms with E-state index < -0.39 is 0 Å². The SMILES string of the molecule is Cc1nc(Cl)c(C)c(NCCc2noc(C)n2)n1. The molecule has 0 fully saturated rings. The van der Waals surface area contributed by atoms with Crippen LogP contribution in [0, 0.1) is 20.8 Å². The maximum absolute atomic E-state index is 5.99. The van der Waals surface area contributed by atoms with E-state index in [0.717, 1.165) is 11.4 Å². The van der Waals surface area contributed by atoms with Crippen LogP contribution >= 0.6 is 11.6 Å². The first-order chi connectivity index (χ1) is 8.56. The summed E-state index contributed by atoms with van der Waals surface area (Å²) in [4.78, 5) is 12.5. The van der Waals surface area contributed by atoms with Crippen molar-refractivity contribution < 1.29 is 4.52 Å². The highest BCUT2D eigenvalue weighted by atomic mass is 35.5. The summed E-state index contributed by atoms with van der Waals surface area (Å²) in [6.07, 6.45) is 0.664. The normalized spacial score (nSPS) is 10.7. The van der Waals surface area contributed by atoms with Crippen molar-refractivity contribution in [2.75, 3.05) is 11.9 Å². The van der Waals surface area contributed by atoms with Crippen molar-refractivity contribution in [1.82, 2.24) is 20.1 Å². The van der Waals surface area contributed by atoms with Crippen LogP contribution in [0.1, 0.15) is 23.1 Å². The van der Waals surface area contributed by atoms with Gasteiger partial charge in [0.15, 0.2) is 5.82 Å². The molecule has 2 aromatic heterocycles. The Labute approximate surface area is 110 Å². The van der Waals surface area contributed by atoms with E-state index in [1.807, 2.05) is 6.92 Å². The second-order valence-corrected chi connectivity index (χ2v) is 4.30. The Bertz CT molecular complexity index is 554. The van der Waals surface area contributed by atoms with Gasteiger partial charge in [0.25, 0.3) is 0 Å². The average molecular weight is 268 g/mol. The van der Waals surface area contributed by atoms with Gasteiger partial charge < -0.3 is 9.84 Å². The predicted octanol–water partition coefficient (Wildman–Crippen LogP) is 2.09. The highest BCUT2D eigenvalue weighted by Gasteiger charge is 2.07. The Balaban J connectivity index is 1.98. The molecule has 1 N–H and O–H groups in total. The third-order valence-electron chi connectivity index (χ3n) is 2.41. The van der Waals surface area contributed by atoms with E-state index in [9.17, 15) is 0 Å². The first kappa shape index (κ1) is 12.8. The van der Waals surface area contributed by atoms with Crippen LogP contribution in [0.15, 0.2) is 4.52 Å².